The van der Waals surface area contributed by atoms with Gasteiger partial charge in [0.25, 0.3) is 0 Å². The molecule has 6 nitrogen and oxygen atoms in total. The highest BCUT2D eigenvalue weighted by Gasteiger charge is 2.22. The van der Waals surface area contributed by atoms with E-state index in [9.17, 15) is 13.5 Å². The molecule has 2 atom stereocenters. The molecule has 160 valence electrons. The van der Waals surface area contributed by atoms with Crippen LogP contribution in [0.15, 0.2) is 46.2 Å². The number of halogens is 3. The van der Waals surface area contributed by atoms with Gasteiger partial charge in [0.15, 0.2) is 5.75 Å². The number of benzene rings is 2. The molecule has 0 aliphatic heterocycles. The van der Waals surface area contributed by atoms with Gasteiger partial charge >= 0.3 is 0 Å². The summed E-state index contributed by atoms with van der Waals surface area (Å²) in [6.45, 7) is 1.63. The van der Waals surface area contributed by atoms with Gasteiger partial charge in [0.05, 0.1) is 33.0 Å². The van der Waals surface area contributed by atoms with Crippen LogP contribution < -0.4 is 9.47 Å². The minimum Gasteiger partial charge on any atom is -0.493 e. The molecule has 29 heavy (non-hydrogen) atoms. The molecule has 0 aliphatic rings. The molecule has 2 aromatic rings. The number of hydrogen-bond donors (Lipinski definition) is 2. The molecule has 0 saturated heterocycles. The summed E-state index contributed by atoms with van der Waals surface area (Å²) in [4.78, 5) is -0.0567. The molecule has 2 aromatic carbocycles. The molecule has 0 spiro atoms. The Morgan fingerprint density at radius 1 is 1.00 bits per heavy atom. The number of aliphatic hydroxyl groups excluding tert-OH is 2. The van der Waals surface area contributed by atoms with E-state index in [4.69, 9.17) is 49.4 Å². The zero-order chi connectivity index (χ0) is 21.6. The molecular weight excluding hydrogens is 463 g/mol. The number of hydrogen-bond acceptors (Lipinski definition) is 6. The fourth-order valence-electron chi connectivity index (χ4n) is 2.20. The van der Waals surface area contributed by atoms with Crippen molar-refractivity contribution in [1.29, 1.82) is 0 Å². The molecular formula is C19H21Cl3O6S. The molecule has 0 heterocycles. The summed E-state index contributed by atoms with van der Waals surface area (Å²) in [6.07, 6.45) is -1.11. The van der Waals surface area contributed by atoms with Crippen LogP contribution in [0.4, 0.5) is 0 Å². The summed E-state index contributed by atoms with van der Waals surface area (Å²) in [7, 11) is -3.88. The van der Waals surface area contributed by atoms with E-state index in [-0.39, 0.29) is 38.1 Å². The van der Waals surface area contributed by atoms with Gasteiger partial charge in [-0.3, -0.25) is 0 Å². The number of rotatable bonds is 10. The van der Waals surface area contributed by atoms with Crippen LogP contribution in [0.2, 0.25) is 10.0 Å². The van der Waals surface area contributed by atoms with Crippen LogP contribution in [0.25, 0.3) is 0 Å². The number of aliphatic hydroxyl groups is 2. The minimum atomic E-state index is -3.88. The summed E-state index contributed by atoms with van der Waals surface area (Å²) >= 11 is 18.0. The Morgan fingerprint density at radius 2 is 1.59 bits per heavy atom. The largest absolute Gasteiger partial charge is 0.493 e. The summed E-state index contributed by atoms with van der Waals surface area (Å²) in [5.41, 5.74) is 0. The van der Waals surface area contributed by atoms with Gasteiger partial charge in [-0.1, -0.05) is 30.1 Å². The van der Waals surface area contributed by atoms with E-state index in [0.717, 1.165) is 0 Å². The zero-order valence-electron chi connectivity index (χ0n) is 15.5. The Hall–Kier alpha value is -1.22. The smallest absolute Gasteiger partial charge is 0.206 e. The van der Waals surface area contributed by atoms with E-state index < -0.39 is 22.5 Å². The molecule has 0 saturated carbocycles. The lowest BCUT2D eigenvalue weighted by Gasteiger charge is -2.14. The molecule has 2 N–H and O–H groups in total. The molecule has 0 fully saturated rings. The van der Waals surface area contributed by atoms with Gasteiger partial charge in [0.2, 0.25) is 9.84 Å². The van der Waals surface area contributed by atoms with Crippen molar-refractivity contribution in [2.75, 3.05) is 25.7 Å². The predicted molar refractivity (Wildman–Crippen MR) is 112 cm³/mol. The summed E-state index contributed by atoms with van der Waals surface area (Å²) in [5, 5.41) is 18.1. The molecule has 0 bridgehead atoms. The Balaban J connectivity index is 2.22. The quantitative estimate of drug-likeness (QED) is 0.499. The van der Waals surface area contributed by atoms with E-state index in [1.807, 2.05) is 6.92 Å². The van der Waals surface area contributed by atoms with Gasteiger partial charge in [-0.2, -0.15) is 0 Å². The molecule has 10 heteroatoms. The van der Waals surface area contributed by atoms with Gasteiger partial charge < -0.3 is 19.7 Å². The van der Waals surface area contributed by atoms with Crippen LogP contribution in [0.3, 0.4) is 0 Å². The van der Waals surface area contributed by atoms with Crippen molar-refractivity contribution in [3.63, 3.8) is 0 Å². The van der Waals surface area contributed by atoms with E-state index >= 15 is 0 Å². The Bertz CT molecular complexity index is 895. The lowest BCUT2D eigenvalue weighted by molar-refractivity contribution is 0.0536. The molecule has 0 aliphatic carbocycles. The van der Waals surface area contributed by atoms with Crippen molar-refractivity contribution in [3.8, 4) is 11.5 Å². The maximum Gasteiger partial charge on any atom is 0.206 e. The maximum absolute atomic E-state index is 12.9. The summed E-state index contributed by atoms with van der Waals surface area (Å²) in [5.74, 6) is 1.19. The van der Waals surface area contributed by atoms with Crippen LogP contribution in [0.1, 0.15) is 6.92 Å². The second-order valence-corrected chi connectivity index (χ2v) is 9.48. The Labute approximate surface area is 184 Å². The average Bonchev–Trinajstić information content (AvgIpc) is 2.71. The normalized spacial score (nSPS) is 13.7. The maximum atomic E-state index is 12.9. The Morgan fingerprint density at radius 3 is 2.10 bits per heavy atom. The van der Waals surface area contributed by atoms with Crippen molar-refractivity contribution in [1.82, 2.24) is 0 Å². The van der Waals surface area contributed by atoms with Gasteiger partial charge in [-0.15, -0.1) is 11.6 Å². The number of sulfone groups is 1. The van der Waals surface area contributed by atoms with Crippen LogP contribution in [0, 0.1) is 5.92 Å². The first-order valence-electron chi connectivity index (χ1n) is 8.63. The third-order valence-electron chi connectivity index (χ3n) is 3.84. The summed E-state index contributed by atoms with van der Waals surface area (Å²) in [6, 6.07) is 8.42. The van der Waals surface area contributed by atoms with Gasteiger partial charge in [0.1, 0.15) is 18.5 Å². The minimum absolute atomic E-state index is 0.0249. The van der Waals surface area contributed by atoms with Crippen molar-refractivity contribution in [2.45, 2.75) is 22.8 Å². The number of alkyl halides is 1. The molecule has 0 radical (unpaired) electrons. The van der Waals surface area contributed by atoms with E-state index in [2.05, 4.69) is 0 Å². The molecule has 0 aromatic heterocycles. The lowest BCUT2D eigenvalue weighted by atomic mass is 10.2. The van der Waals surface area contributed by atoms with Gasteiger partial charge in [-0.05, 0) is 36.4 Å². The highest BCUT2D eigenvalue weighted by Crippen LogP contribution is 2.37. The van der Waals surface area contributed by atoms with Crippen molar-refractivity contribution in [3.05, 3.63) is 46.4 Å². The van der Waals surface area contributed by atoms with E-state index in [1.165, 1.54) is 24.3 Å². The standard InChI is InChI=1S/C19H21Cl3O6S/c1-12(8-20)10-27-14-2-4-15(5-3-14)29(25,26)16-6-17(21)19(18(22)7-16)28-11-13(24)9-23/h2-7,12-13,23-24H,8-11H2,1H3/t12-,13-/m1/s1. The predicted octanol–water partition coefficient (Wildman–Crippen LogP) is 3.81. The highest BCUT2D eigenvalue weighted by atomic mass is 35.5. The molecule has 0 unspecified atom stereocenters. The second kappa shape index (κ2) is 10.7. The van der Waals surface area contributed by atoms with Crippen LogP contribution in [0.5, 0.6) is 11.5 Å². The first-order valence-corrected chi connectivity index (χ1v) is 11.4. The Kier molecular flexibility index (Phi) is 8.88. The SMILES string of the molecule is C[C@H](CCl)COc1ccc(S(=O)(=O)c2cc(Cl)c(OC[C@H](O)CO)c(Cl)c2)cc1. The number of ether oxygens (including phenoxy) is 2. The van der Waals surface area contributed by atoms with Crippen molar-refractivity contribution in [2.24, 2.45) is 5.92 Å². The third-order valence-corrected chi connectivity index (χ3v) is 6.68. The van der Waals surface area contributed by atoms with Gasteiger partial charge in [-0.25, -0.2) is 8.42 Å². The van der Waals surface area contributed by atoms with E-state index in [1.54, 1.807) is 12.1 Å². The van der Waals surface area contributed by atoms with Gasteiger partial charge in [0, 0.05) is 11.8 Å². The van der Waals surface area contributed by atoms with Crippen LogP contribution in [-0.2, 0) is 9.84 Å². The monoisotopic (exact) mass is 482 g/mol. The summed E-state index contributed by atoms with van der Waals surface area (Å²) < 4.78 is 36.6. The highest BCUT2D eigenvalue weighted by molar-refractivity contribution is 7.91. The topological polar surface area (TPSA) is 93.1 Å². The fourth-order valence-corrected chi connectivity index (χ4v) is 4.32. The van der Waals surface area contributed by atoms with Crippen molar-refractivity contribution >= 4 is 44.6 Å². The lowest BCUT2D eigenvalue weighted by Crippen LogP contribution is -2.21. The molecule has 0 amide bonds. The average molecular weight is 484 g/mol. The fraction of sp³-hybridized carbons (Fsp3) is 0.368. The third kappa shape index (κ3) is 6.38. The zero-order valence-corrected chi connectivity index (χ0v) is 18.6. The van der Waals surface area contributed by atoms with E-state index in [0.29, 0.717) is 18.2 Å². The van der Waals surface area contributed by atoms with Crippen molar-refractivity contribution < 1.29 is 28.1 Å². The second-order valence-electron chi connectivity index (χ2n) is 6.41. The first kappa shape index (κ1) is 24.1. The first-order chi connectivity index (χ1) is 13.7. The van der Waals surface area contributed by atoms with Crippen LogP contribution >= 0.6 is 34.8 Å². The van der Waals surface area contributed by atoms with Crippen LogP contribution in [-0.4, -0.2) is 50.4 Å². The molecule has 2 rings (SSSR count).